The maximum Gasteiger partial charge on any atom is 0.238 e. The summed E-state index contributed by atoms with van der Waals surface area (Å²) in [5.41, 5.74) is 3.70. The van der Waals surface area contributed by atoms with E-state index >= 15 is 0 Å². The van der Waals surface area contributed by atoms with Gasteiger partial charge in [0.1, 0.15) is 6.07 Å². The molecule has 1 amide bonds. The number of hydrogen-bond donors (Lipinski definition) is 1. The van der Waals surface area contributed by atoms with Gasteiger partial charge >= 0.3 is 0 Å². The van der Waals surface area contributed by atoms with Crippen molar-refractivity contribution in [1.82, 2.24) is 9.80 Å². The Morgan fingerprint density at radius 2 is 1.85 bits per heavy atom. The van der Waals surface area contributed by atoms with Crippen LogP contribution in [0.4, 0.5) is 5.69 Å². The highest BCUT2D eigenvalue weighted by molar-refractivity contribution is 6.32. The SMILES string of the molecule is Cc1ccccc1CN1CCN(CC(=O)Nc2ccc(C#N)c(Cl)c2)CC1. The number of hydrogen-bond acceptors (Lipinski definition) is 4. The molecule has 1 heterocycles. The van der Waals surface area contributed by atoms with Crippen LogP contribution in [0.3, 0.4) is 0 Å². The van der Waals surface area contributed by atoms with Crippen molar-refractivity contribution in [3.63, 3.8) is 0 Å². The fourth-order valence-electron chi connectivity index (χ4n) is 3.22. The minimum absolute atomic E-state index is 0.0665. The van der Waals surface area contributed by atoms with Crippen LogP contribution in [0.2, 0.25) is 5.02 Å². The minimum atomic E-state index is -0.0665. The molecule has 6 heteroatoms. The largest absolute Gasteiger partial charge is 0.325 e. The molecule has 27 heavy (non-hydrogen) atoms. The average Bonchev–Trinajstić information content (AvgIpc) is 2.65. The Bertz CT molecular complexity index is 854. The third-order valence-electron chi connectivity index (χ3n) is 4.86. The topological polar surface area (TPSA) is 59.4 Å². The summed E-state index contributed by atoms with van der Waals surface area (Å²) in [6.45, 7) is 7.09. The summed E-state index contributed by atoms with van der Waals surface area (Å²) in [4.78, 5) is 16.9. The summed E-state index contributed by atoms with van der Waals surface area (Å²) in [5.74, 6) is -0.0665. The van der Waals surface area contributed by atoms with E-state index in [-0.39, 0.29) is 5.91 Å². The van der Waals surface area contributed by atoms with Crippen molar-refractivity contribution in [3.05, 3.63) is 64.2 Å². The molecule has 0 atom stereocenters. The molecule has 0 aromatic heterocycles. The number of amides is 1. The Morgan fingerprint density at radius 1 is 1.15 bits per heavy atom. The number of nitriles is 1. The van der Waals surface area contributed by atoms with Gasteiger partial charge in [0.2, 0.25) is 5.91 Å². The van der Waals surface area contributed by atoms with Crippen LogP contribution in [-0.2, 0) is 11.3 Å². The van der Waals surface area contributed by atoms with Gasteiger partial charge in [0.25, 0.3) is 0 Å². The number of piperazine rings is 1. The lowest BCUT2D eigenvalue weighted by atomic mass is 10.1. The summed E-state index contributed by atoms with van der Waals surface area (Å²) in [5, 5.41) is 12.1. The van der Waals surface area contributed by atoms with Crippen LogP contribution in [0.1, 0.15) is 16.7 Å². The predicted molar refractivity (Wildman–Crippen MR) is 108 cm³/mol. The van der Waals surface area contributed by atoms with Gasteiger partial charge in [0.05, 0.1) is 17.1 Å². The van der Waals surface area contributed by atoms with E-state index in [1.807, 2.05) is 6.07 Å². The monoisotopic (exact) mass is 382 g/mol. The van der Waals surface area contributed by atoms with Crippen molar-refractivity contribution < 1.29 is 4.79 Å². The van der Waals surface area contributed by atoms with Crippen molar-refractivity contribution in [2.24, 2.45) is 0 Å². The number of rotatable bonds is 5. The van der Waals surface area contributed by atoms with Crippen LogP contribution >= 0.6 is 11.6 Å². The molecule has 0 saturated carbocycles. The second kappa shape index (κ2) is 9.01. The molecular weight excluding hydrogens is 360 g/mol. The Balaban J connectivity index is 1.46. The third-order valence-corrected chi connectivity index (χ3v) is 5.17. The Labute approximate surface area is 165 Å². The molecule has 1 N–H and O–H groups in total. The smallest absolute Gasteiger partial charge is 0.238 e. The van der Waals surface area contributed by atoms with Crippen LogP contribution in [0.15, 0.2) is 42.5 Å². The second-order valence-electron chi connectivity index (χ2n) is 6.83. The van der Waals surface area contributed by atoms with Crippen molar-refractivity contribution in [3.8, 4) is 6.07 Å². The van der Waals surface area contributed by atoms with Crippen LogP contribution in [0, 0.1) is 18.3 Å². The molecule has 0 radical (unpaired) electrons. The standard InChI is InChI=1S/C21H23ClN4O/c1-16-4-2-3-5-18(16)14-25-8-10-26(11-9-25)15-21(27)24-19-7-6-17(13-23)20(22)12-19/h2-7,12H,8-11,14-15H2,1H3,(H,24,27). The van der Waals surface area contributed by atoms with E-state index in [2.05, 4.69) is 46.3 Å². The molecular formula is C21H23ClN4O. The van der Waals surface area contributed by atoms with Crippen molar-refractivity contribution in [2.45, 2.75) is 13.5 Å². The quantitative estimate of drug-likeness (QED) is 0.862. The first-order chi connectivity index (χ1) is 13.0. The molecule has 1 aliphatic heterocycles. The predicted octanol–water partition coefficient (Wildman–Crippen LogP) is 3.28. The molecule has 1 saturated heterocycles. The fraction of sp³-hybridized carbons (Fsp3) is 0.333. The van der Waals surface area contributed by atoms with Crippen LogP contribution < -0.4 is 5.32 Å². The average molecular weight is 383 g/mol. The molecule has 2 aromatic carbocycles. The Morgan fingerprint density at radius 3 is 2.52 bits per heavy atom. The first-order valence-corrected chi connectivity index (χ1v) is 9.41. The van der Waals surface area contributed by atoms with Gasteiger partial charge in [-0.05, 0) is 36.2 Å². The minimum Gasteiger partial charge on any atom is -0.325 e. The number of nitrogens with zero attached hydrogens (tertiary/aromatic N) is 3. The van der Waals surface area contributed by atoms with Gasteiger partial charge in [-0.25, -0.2) is 0 Å². The zero-order valence-electron chi connectivity index (χ0n) is 15.4. The number of carbonyl (C=O) groups excluding carboxylic acids is 1. The van der Waals surface area contributed by atoms with Gasteiger partial charge in [0, 0.05) is 38.4 Å². The lowest BCUT2D eigenvalue weighted by Gasteiger charge is -2.34. The van der Waals surface area contributed by atoms with Gasteiger partial charge in [-0.1, -0.05) is 35.9 Å². The fourth-order valence-corrected chi connectivity index (χ4v) is 3.44. The van der Waals surface area contributed by atoms with Gasteiger partial charge in [0.15, 0.2) is 0 Å². The Kier molecular flexibility index (Phi) is 6.46. The van der Waals surface area contributed by atoms with E-state index in [9.17, 15) is 4.79 Å². The highest BCUT2D eigenvalue weighted by atomic mass is 35.5. The van der Waals surface area contributed by atoms with Crippen LogP contribution in [-0.4, -0.2) is 48.4 Å². The Hall–Kier alpha value is -2.39. The maximum absolute atomic E-state index is 12.3. The summed E-state index contributed by atoms with van der Waals surface area (Å²) >= 11 is 6.01. The molecule has 140 valence electrons. The van der Waals surface area contributed by atoms with Gasteiger partial charge in [-0.2, -0.15) is 5.26 Å². The van der Waals surface area contributed by atoms with E-state index < -0.39 is 0 Å². The van der Waals surface area contributed by atoms with E-state index in [1.54, 1.807) is 18.2 Å². The lowest BCUT2D eigenvalue weighted by molar-refractivity contribution is -0.117. The number of anilines is 1. The first kappa shape index (κ1) is 19.4. The third kappa shape index (κ3) is 5.30. The number of aryl methyl sites for hydroxylation is 1. The molecule has 1 aliphatic rings. The number of carbonyl (C=O) groups is 1. The summed E-state index contributed by atoms with van der Waals surface area (Å²) in [7, 11) is 0. The molecule has 0 bridgehead atoms. The van der Waals surface area contributed by atoms with Crippen LogP contribution in [0.25, 0.3) is 0 Å². The van der Waals surface area contributed by atoms with Crippen molar-refractivity contribution in [1.29, 1.82) is 5.26 Å². The highest BCUT2D eigenvalue weighted by Gasteiger charge is 2.19. The highest BCUT2D eigenvalue weighted by Crippen LogP contribution is 2.20. The zero-order valence-corrected chi connectivity index (χ0v) is 16.2. The molecule has 2 aromatic rings. The van der Waals surface area contributed by atoms with E-state index in [4.69, 9.17) is 16.9 Å². The maximum atomic E-state index is 12.3. The molecule has 1 fully saturated rings. The van der Waals surface area contributed by atoms with Crippen molar-refractivity contribution >= 4 is 23.2 Å². The van der Waals surface area contributed by atoms with Crippen molar-refractivity contribution in [2.75, 3.05) is 38.0 Å². The lowest BCUT2D eigenvalue weighted by Crippen LogP contribution is -2.48. The van der Waals surface area contributed by atoms with Gasteiger partial charge in [-0.15, -0.1) is 0 Å². The zero-order chi connectivity index (χ0) is 19.2. The normalized spacial score (nSPS) is 15.3. The molecule has 3 rings (SSSR count). The number of benzene rings is 2. The van der Waals surface area contributed by atoms with Gasteiger partial charge < -0.3 is 5.32 Å². The van der Waals surface area contributed by atoms with E-state index in [0.717, 1.165) is 32.7 Å². The molecule has 0 unspecified atom stereocenters. The summed E-state index contributed by atoms with van der Waals surface area (Å²) in [6.07, 6.45) is 0. The summed E-state index contributed by atoms with van der Waals surface area (Å²) in [6, 6.07) is 15.4. The van der Waals surface area contributed by atoms with Crippen LogP contribution in [0.5, 0.6) is 0 Å². The number of halogens is 1. The molecule has 5 nitrogen and oxygen atoms in total. The van der Waals surface area contributed by atoms with E-state index in [1.165, 1.54) is 11.1 Å². The molecule has 0 aliphatic carbocycles. The number of nitrogens with one attached hydrogen (secondary N) is 1. The summed E-state index contributed by atoms with van der Waals surface area (Å²) < 4.78 is 0. The van der Waals surface area contributed by atoms with Gasteiger partial charge in [-0.3, -0.25) is 14.6 Å². The second-order valence-corrected chi connectivity index (χ2v) is 7.24. The van der Waals surface area contributed by atoms with E-state index in [0.29, 0.717) is 22.8 Å². The first-order valence-electron chi connectivity index (χ1n) is 9.04. The molecule has 0 spiro atoms.